The van der Waals surface area contributed by atoms with Crippen molar-refractivity contribution < 1.29 is 52.7 Å². The fraction of sp³-hybridized carbons (Fsp3) is 0.492. The maximum atomic E-state index is 13.4. The van der Waals surface area contributed by atoms with E-state index in [1.807, 2.05) is 18.2 Å². The van der Waals surface area contributed by atoms with E-state index in [-0.39, 0.29) is 41.5 Å². The van der Waals surface area contributed by atoms with E-state index < -0.39 is 45.2 Å². The van der Waals surface area contributed by atoms with Crippen molar-refractivity contribution in [3.05, 3.63) is 148 Å². The molecule has 0 N–H and O–H groups in total. The van der Waals surface area contributed by atoms with Gasteiger partial charge in [-0.1, -0.05) is 109 Å². The van der Waals surface area contributed by atoms with Crippen LogP contribution in [0.3, 0.4) is 0 Å². The second-order valence-corrected chi connectivity index (χ2v) is 24.2. The van der Waals surface area contributed by atoms with Crippen LogP contribution in [0.5, 0.6) is 0 Å². The second kappa shape index (κ2) is 25.2. The summed E-state index contributed by atoms with van der Waals surface area (Å²) in [7, 11) is -4.03. The minimum Gasteiger partial charge on any atom is -0.303 e. The Morgan fingerprint density at radius 2 is 0.974 bits per heavy atom. The molecule has 2 heterocycles. The number of rotatable bonds is 16. The van der Waals surface area contributed by atoms with Gasteiger partial charge in [0.25, 0.3) is 0 Å². The highest BCUT2D eigenvalue weighted by Gasteiger charge is 2.35. The highest BCUT2D eigenvalue weighted by atomic mass is 32.2. The fourth-order valence-electron chi connectivity index (χ4n) is 10.6. The Morgan fingerprint density at radius 3 is 1.42 bits per heavy atom. The molecular weight excluding hydrogens is 1010 g/mol. The van der Waals surface area contributed by atoms with Gasteiger partial charge in [-0.05, 0) is 194 Å². The second-order valence-electron chi connectivity index (χ2n) is 22.3. The maximum absolute atomic E-state index is 13.4. The lowest BCUT2D eigenvalue weighted by Crippen LogP contribution is -2.39. The zero-order valence-electron chi connectivity index (χ0n) is 44.8. The van der Waals surface area contributed by atoms with Gasteiger partial charge in [-0.2, -0.15) is 43.8 Å². The van der Waals surface area contributed by atoms with Gasteiger partial charge in [-0.25, -0.2) is 8.42 Å². The Morgan fingerprint density at radius 1 is 0.539 bits per heavy atom. The quantitative estimate of drug-likeness (QED) is 0.0924. The predicted molar refractivity (Wildman–Crippen MR) is 285 cm³/mol. The molecule has 2 aliphatic rings. The van der Waals surface area contributed by atoms with Gasteiger partial charge in [-0.15, -0.1) is 0 Å². The number of carbonyl (C=O) groups excluding carboxylic acids is 1. The predicted octanol–water partition coefficient (Wildman–Crippen LogP) is 17.4. The number of Topliss-reactive ketones (excluding diaryl/α,β-unsaturated/α-hetero) is 1. The number of alkyl halides is 9. The Labute approximate surface area is 444 Å². The van der Waals surface area contributed by atoms with Crippen LogP contribution in [-0.4, -0.2) is 56.1 Å². The molecule has 4 atom stereocenters. The topological polar surface area (TPSA) is 57.7 Å². The molecule has 5 nitrogen and oxygen atoms in total. The molecule has 2 saturated heterocycles. The first-order valence-corrected chi connectivity index (χ1v) is 28.0. The Balaban J connectivity index is 0.000000250. The number of halogens is 9. The molecule has 0 amide bonds. The lowest BCUT2D eigenvalue weighted by Gasteiger charge is -2.34. The lowest BCUT2D eigenvalue weighted by atomic mass is 9.82. The summed E-state index contributed by atoms with van der Waals surface area (Å²) in [6.45, 7) is 20.3. The molecule has 0 spiro atoms. The van der Waals surface area contributed by atoms with Crippen LogP contribution in [0, 0.1) is 17.8 Å². The molecule has 76 heavy (non-hydrogen) atoms. The normalized spacial score (nSPS) is 18.2. The molecule has 5 aromatic carbocycles. The SMILES string of the molecule is CC(=O)C(CC(C)C)c1cc(-c2ccc(C(F)(F)F)cc2)cc(C2CCCN(CCC(C)C)C2)c1.CC(C)CC(C)c1cc(-c2ccc(C(F)(F)F)cc2)cc(C2CCCN(S(=O)(=O)c3ccc(C(F)(F)F)cc3)C2)c1. The van der Waals surface area contributed by atoms with E-state index in [1.54, 1.807) is 19.1 Å². The smallest absolute Gasteiger partial charge is 0.303 e. The van der Waals surface area contributed by atoms with Crippen LogP contribution in [0.2, 0.25) is 0 Å². The third-order valence-electron chi connectivity index (χ3n) is 14.7. The van der Waals surface area contributed by atoms with E-state index >= 15 is 0 Å². The van der Waals surface area contributed by atoms with Crippen molar-refractivity contribution >= 4 is 15.8 Å². The van der Waals surface area contributed by atoms with Crippen LogP contribution >= 0.6 is 0 Å². The molecule has 2 fully saturated rings. The van der Waals surface area contributed by atoms with E-state index in [1.165, 1.54) is 28.4 Å². The average molecular weight is 1090 g/mol. The Kier molecular flexibility index (Phi) is 20.0. The summed E-state index contributed by atoms with van der Waals surface area (Å²) in [4.78, 5) is 15.0. The third kappa shape index (κ3) is 16.3. The highest BCUT2D eigenvalue weighted by molar-refractivity contribution is 7.89. The van der Waals surface area contributed by atoms with Crippen molar-refractivity contribution in [3.63, 3.8) is 0 Å². The molecule has 0 aliphatic carbocycles. The first kappa shape index (κ1) is 60.2. The third-order valence-corrected chi connectivity index (χ3v) is 16.6. The molecule has 0 aromatic heterocycles. The molecule has 15 heteroatoms. The molecule has 0 radical (unpaired) electrons. The number of ketones is 1. The largest absolute Gasteiger partial charge is 0.416 e. The van der Waals surface area contributed by atoms with Crippen LogP contribution in [0.25, 0.3) is 22.3 Å². The van der Waals surface area contributed by atoms with E-state index in [4.69, 9.17) is 0 Å². The van der Waals surface area contributed by atoms with Crippen molar-refractivity contribution in [3.8, 4) is 22.3 Å². The van der Waals surface area contributed by atoms with Crippen LogP contribution in [0.1, 0.15) is 163 Å². The minimum absolute atomic E-state index is 0.136. The van der Waals surface area contributed by atoms with Crippen molar-refractivity contribution in [2.75, 3.05) is 32.7 Å². The van der Waals surface area contributed by atoms with Gasteiger partial charge in [0.15, 0.2) is 0 Å². The molecule has 414 valence electrons. The summed E-state index contributed by atoms with van der Waals surface area (Å²) in [6.07, 6.45) is -7.06. The van der Waals surface area contributed by atoms with Gasteiger partial charge in [0.05, 0.1) is 21.6 Å². The Hall–Kier alpha value is -4.99. The minimum atomic E-state index is -4.57. The number of hydrogen-bond acceptors (Lipinski definition) is 4. The summed E-state index contributed by atoms with van der Waals surface area (Å²) in [5, 5.41) is 0. The van der Waals surface area contributed by atoms with Crippen LogP contribution in [-0.2, 0) is 33.3 Å². The van der Waals surface area contributed by atoms with E-state index in [2.05, 4.69) is 71.6 Å². The lowest BCUT2D eigenvalue weighted by molar-refractivity contribution is -0.138. The number of nitrogens with zero attached hydrogens (tertiary/aromatic N) is 2. The summed E-state index contributed by atoms with van der Waals surface area (Å²) in [5.74, 6) is 1.71. The zero-order valence-corrected chi connectivity index (χ0v) is 45.7. The molecule has 2 aliphatic heterocycles. The molecule has 7 rings (SSSR count). The summed E-state index contributed by atoms with van der Waals surface area (Å²) < 4.78 is 146. The van der Waals surface area contributed by atoms with Gasteiger partial charge in [0, 0.05) is 25.6 Å². The van der Waals surface area contributed by atoms with E-state index in [0.717, 1.165) is 127 Å². The maximum Gasteiger partial charge on any atom is 0.416 e. The number of hydrogen-bond donors (Lipinski definition) is 0. The molecule has 0 bridgehead atoms. The number of piperidine rings is 2. The van der Waals surface area contributed by atoms with Gasteiger partial charge in [-0.3, -0.25) is 4.79 Å². The van der Waals surface area contributed by atoms with Crippen molar-refractivity contribution in [2.45, 2.75) is 147 Å². The highest BCUT2D eigenvalue weighted by Crippen LogP contribution is 2.40. The summed E-state index contributed by atoms with van der Waals surface area (Å²) >= 11 is 0. The van der Waals surface area contributed by atoms with Gasteiger partial charge >= 0.3 is 18.5 Å². The number of sulfonamides is 1. The van der Waals surface area contributed by atoms with Crippen molar-refractivity contribution in [1.82, 2.24) is 9.21 Å². The Bertz CT molecular complexity index is 2800. The number of carbonyl (C=O) groups is 1. The number of likely N-dealkylation sites (tertiary alicyclic amines) is 1. The number of benzene rings is 5. The van der Waals surface area contributed by atoms with Gasteiger partial charge in [0.1, 0.15) is 5.78 Å². The zero-order chi connectivity index (χ0) is 55.9. The van der Waals surface area contributed by atoms with Crippen LogP contribution < -0.4 is 0 Å². The summed E-state index contributed by atoms with van der Waals surface area (Å²) in [5.41, 5.74) is 4.81. The fourth-order valence-corrected chi connectivity index (χ4v) is 12.1. The average Bonchev–Trinajstić information content (AvgIpc) is 3.36. The monoisotopic (exact) mass is 1080 g/mol. The van der Waals surface area contributed by atoms with E-state index in [9.17, 15) is 52.7 Å². The molecule has 5 aromatic rings. The van der Waals surface area contributed by atoms with E-state index in [0.29, 0.717) is 42.1 Å². The van der Waals surface area contributed by atoms with Crippen molar-refractivity contribution in [1.29, 1.82) is 0 Å². The van der Waals surface area contributed by atoms with Crippen LogP contribution in [0.15, 0.2) is 114 Å². The van der Waals surface area contributed by atoms with Gasteiger partial charge < -0.3 is 4.90 Å². The first-order chi connectivity index (χ1) is 35.5. The molecular formula is C61H73F9N2O3S. The van der Waals surface area contributed by atoms with Crippen molar-refractivity contribution in [2.24, 2.45) is 17.8 Å². The standard InChI is InChI=1S/C31H33F6NO2S.C30H40F3NO/c1-20(2)15-21(3)24-16-25(22-6-8-27(9-7-22)30(32,33)34)18-26(17-24)23-5-4-14-38(19-23)41(39,40)29-12-10-28(11-13-29)31(35,36)37;1-20(2)12-14-34-13-6-7-24(19-34)26-16-25(23-8-10-28(11-9-23)30(31,32)33)17-27(18-26)29(22(5)35)15-21(3)4/h6-13,16-18,20-21,23H,4-5,14-15,19H2,1-3H3;8-11,16-18,20-21,24,29H,6-7,12-15,19H2,1-5H3. The summed E-state index contributed by atoms with van der Waals surface area (Å²) in [6, 6.07) is 26.2. The molecule has 0 saturated carbocycles. The van der Waals surface area contributed by atoms with Crippen LogP contribution in [0.4, 0.5) is 39.5 Å². The first-order valence-electron chi connectivity index (χ1n) is 26.5. The molecule has 4 unspecified atom stereocenters. The van der Waals surface area contributed by atoms with Gasteiger partial charge in [0.2, 0.25) is 10.0 Å².